The number of imidazole rings is 1. The number of carbonyl (C=O) groups is 3. The van der Waals surface area contributed by atoms with Gasteiger partial charge in [-0.3, -0.25) is 19.5 Å². The van der Waals surface area contributed by atoms with E-state index in [9.17, 15) is 19.5 Å². The summed E-state index contributed by atoms with van der Waals surface area (Å²) >= 11 is 8.41. The number of hydrazone groups is 1. The highest BCUT2D eigenvalue weighted by Gasteiger charge is 2.53. The Bertz CT molecular complexity index is 2120. The molecule has 0 spiro atoms. The summed E-state index contributed by atoms with van der Waals surface area (Å²) in [6, 6.07) is 5.88. The SMILES string of the molecule is CO/N=C(\C(=O)N[C@@H]1C(=O)N2C(C(=O)[O-])=C(Cn3ccc4n3cc[n+]4Cc3ccc(C=NN4CCCCC4)cc3F)CS[C@H]12)c1nc(N)sc1Cl. The second-order valence-corrected chi connectivity index (χ2v) is 14.8. The third-order valence-corrected chi connectivity index (χ3v) is 11.2. The molecule has 19 heteroatoms. The predicted molar refractivity (Wildman–Crippen MR) is 186 cm³/mol. The first kappa shape index (κ1) is 34.5. The molecule has 0 bridgehead atoms. The van der Waals surface area contributed by atoms with Gasteiger partial charge in [-0.05, 0) is 36.5 Å². The molecule has 6 heterocycles. The number of carbonyl (C=O) groups excluding carboxylic acids is 3. The van der Waals surface area contributed by atoms with Crippen LogP contribution >= 0.6 is 34.7 Å². The lowest BCUT2D eigenvalue weighted by atomic mass is 10.0. The standard InChI is InChI=1S/C32H32ClFN10O5S2/c1-49-39-24(23-27(33)51-32(35)38-23)28(45)37-25-29(46)44-26(31(47)48)20(17-50-30(25)44)16-42-10-7-22-40(11-12-43(22)42)15-19-6-5-18(13-21(19)34)14-36-41-8-3-2-4-9-41/h5-7,10-14,25,30H,2-4,8-9,15-17H2,1H3,(H3-,35,37,38,45,47,48)/b36-14?,39-24-/t25-,30-/m1/s1. The van der Waals surface area contributed by atoms with Crippen molar-refractivity contribution in [1.82, 2.24) is 29.4 Å². The molecule has 2 amide bonds. The summed E-state index contributed by atoms with van der Waals surface area (Å²) in [6.45, 7) is 2.23. The summed E-state index contributed by atoms with van der Waals surface area (Å²) in [5, 5.41) is 24.7. The molecule has 3 aliphatic heterocycles. The molecule has 0 radical (unpaired) electrons. The monoisotopic (exact) mass is 754 g/mol. The van der Waals surface area contributed by atoms with Crippen LogP contribution in [-0.2, 0) is 32.3 Å². The maximum Gasteiger partial charge on any atom is 0.307 e. The topological polar surface area (TPSA) is 179 Å². The Balaban J connectivity index is 1.05. The molecule has 0 aliphatic carbocycles. The zero-order chi connectivity index (χ0) is 35.8. The molecule has 7 rings (SSSR count). The molecule has 4 aromatic rings. The molecule has 3 aromatic heterocycles. The second kappa shape index (κ2) is 14.4. The number of amides is 2. The van der Waals surface area contributed by atoms with E-state index in [1.54, 1.807) is 29.4 Å². The number of hydrogen-bond acceptors (Lipinski definition) is 12. The number of halogens is 2. The van der Waals surface area contributed by atoms with Crippen molar-refractivity contribution in [3.8, 4) is 0 Å². The summed E-state index contributed by atoms with van der Waals surface area (Å²) < 4.78 is 20.8. The number of aromatic nitrogens is 4. The van der Waals surface area contributed by atoms with Crippen molar-refractivity contribution in [2.24, 2.45) is 10.3 Å². The number of rotatable bonds is 11. The lowest BCUT2D eigenvalue weighted by molar-refractivity contribution is -0.662. The maximum absolute atomic E-state index is 15.2. The van der Waals surface area contributed by atoms with E-state index in [1.807, 2.05) is 32.4 Å². The maximum atomic E-state index is 15.2. The van der Waals surface area contributed by atoms with Crippen molar-refractivity contribution in [1.29, 1.82) is 0 Å². The van der Waals surface area contributed by atoms with E-state index < -0.39 is 29.2 Å². The molecule has 3 aliphatic rings. The number of benzene rings is 1. The number of carboxylic acid groups (broad SMARTS) is 1. The third-order valence-electron chi connectivity index (χ3n) is 8.81. The summed E-state index contributed by atoms with van der Waals surface area (Å²) in [6.07, 6.45) is 10.5. The van der Waals surface area contributed by atoms with E-state index in [4.69, 9.17) is 22.2 Å². The number of β-lactam (4-membered cyclic amide) rings is 1. The number of aliphatic carboxylic acids is 1. The highest BCUT2D eigenvalue weighted by molar-refractivity contribution is 8.00. The highest BCUT2D eigenvalue weighted by Crippen LogP contribution is 2.40. The third kappa shape index (κ3) is 6.77. The van der Waals surface area contributed by atoms with Gasteiger partial charge < -0.3 is 25.8 Å². The smallest absolute Gasteiger partial charge is 0.307 e. The first-order valence-electron chi connectivity index (χ1n) is 16.0. The Morgan fingerprint density at radius 2 is 2.06 bits per heavy atom. The number of hydrogen-bond donors (Lipinski definition) is 2. The van der Waals surface area contributed by atoms with Crippen LogP contribution in [0.1, 0.15) is 36.1 Å². The lowest BCUT2D eigenvalue weighted by Crippen LogP contribution is -2.71. The van der Waals surface area contributed by atoms with E-state index in [2.05, 4.69) is 20.6 Å². The predicted octanol–water partition coefficient (Wildman–Crippen LogP) is 1.18. The Morgan fingerprint density at radius 3 is 2.76 bits per heavy atom. The summed E-state index contributed by atoms with van der Waals surface area (Å²) in [5.41, 5.74) is 7.57. The minimum Gasteiger partial charge on any atom is -0.543 e. The van der Waals surface area contributed by atoms with Crippen molar-refractivity contribution >= 4 is 75.2 Å². The van der Waals surface area contributed by atoms with Gasteiger partial charge in [-0.1, -0.05) is 40.2 Å². The van der Waals surface area contributed by atoms with Gasteiger partial charge in [0.25, 0.3) is 11.8 Å². The molecule has 2 saturated heterocycles. The van der Waals surface area contributed by atoms with Gasteiger partial charge in [-0.25, -0.2) is 18.6 Å². The largest absolute Gasteiger partial charge is 0.543 e. The number of nitrogens with two attached hydrogens (primary N) is 1. The molecule has 2 atom stereocenters. The van der Waals surface area contributed by atoms with Gasteiger partial charge in [0.15, 0.2) is 17.0 Å². The lowest BCUT2D eigenvalue weighted by Gasteiger charge is -2.50. The average Bonchev–Trinajstić information content (AvgIpc) is 3.81. The van der Waals surface area contributed by atoms with Gasteiger partial charge in [-0.2, -0.15) is 5.10 Å². The van der Waals surface area contributed by atoms with E-state index in [0.29, 0.717) is 16.7 Å². The normalized spacial score (nSPS) is 19.5. The number of carboxylic acids is 1. The molecule has 51 heavy (non-hydrogen) atoms. The second-order valence-electron chi connectivity index (χ2n) is 12.0. The van der Waals surface area contributed by atoms with E-state index in [0.717, 1.165) is 47.8 Å². The molecule has 1 aromatic carbocycles. The number of thiazole rings is 1. The first-order chi connectivity index (χ1) is 24.6. The first-order valence-corrected chi connectivity index (χ1v) is 18.2. The zero-order valence-electron chi connectivity index (χ0n) is 27.2. The van der Waals surface area contributed by atoms with Crippen LogP contribution in [0.5, 0.6) is 0 Å². The van der Waals surface area contributed by atoms with Crippen LogP contribution in [0, 0.1) is 5.82 Å². The summed E-state index contributed by atoms with van der Waals surface area (Å²) in [5.74, 6) is -3.02. The van der Waals surface area contributed by atoms with Gasteiger partial charge in [0.05, 0.1) is 36.7 Å². The fourth-order valence-electron chi connectivity index (χ4n) is 6.35. The van der Waals surface area contributed by atoms with Gasteiger partial charge >= 0.3 is 5.65 Å². The van der Waals surface area contributed by atoms with Crippen LogP contribution in [0.3, 0.4) is 0 Å². The van der Waals surface area contributed by atoms with Crippen LogP contribution in [0.2, 0.25) is 4.34 Å². The number of fused-ring (bicyclic) bond motifs is 2. The quantitative estimate of drug-likeness (QED) is 0.0985. The van der Waals surface area contributed by atoms with Crippen molar-refractivity contribution in [2.45, 2.75) is 43.8 Å². The highest BCUT2D eigenvalue weighted by atomic mass is 35.5. The van der Waals surface area contributed by atoms with Gasteiger partial charge in [0, 0.05) is 24.4 Å². The number of nitrogens with zero attached hydrogens (tertiary/aromatic N) is 8. The van der Waals surface area contributed by atoms with Crippen LogP contribution in [0.25, 0.3) is 5.65 Å². The molecule has 0 unspecified atom stereocenters. The van der Waals surface area contributed by atoms with Crippen molar-refractivity contribution < 1.29 is 33.3 Å². The number of nitrogen functional groups attached to an aromatic ring is 1. The Hall–Kier alpha value is -4.94. The molecular formula is C32H32ClFN10O5S2. The van der Waals surface area contributed by atoms with Crippen LogP contribution in [0.4, 0.5) is 9.52 Å². The minimum absolute atomic E-state index is 0.00277. The van der Waals surface area contributed by atoms with Crippen LogP contribution < -0.4 is 20.7 Å². The number of oxime groups is 1. The Kier molecular flexibility index (Phi) is 9.71. The van der Waals surface area contributed by atoms with E-state index in [1.165, 1.54) is 31.4 Å². The van der Waals surface area contributed by atoms with Crippen LogP contribution in [0.15, 0.2) is 64.4 Å². The molecule has 0 saturated carbocycles. The van der Waals surface area contributed by atoms with Crippen molar-refractivity contribution in [2.75, 3.05) is 31.7 Å². The fourth-order valence-corrected chi connectivity index (χ4v) is 8.61. The van der Waals surface area contributed by atoms with Gasteiger partial charge in [0.2, 0.25) is 0 Å². The molecular weight excluding hydrogens is 723 g/mol. The number of nitrogens with one attached hydrogen (secondary N) is 1. The summed E-state index contributed by atoms with van der Waals surface area (Å²) in [4.78, 5) is 48.8. The fraction of sp³-hybridized carbons (Fsp3) is 0.344. The van der Waals surface area contributed by atoms with Crippen LogP contribution in [-0.4, -0.2) is 91.2 Å². The number of piperidine rings is 1. The molecule has 266 valence electrons. The van der Waals surface area contributed by atoms with E-state index in [-0.39, 0.29) is 51.2 Å². The summed E-state index contributed by atoms with van der Waals surface area (Å²) in [7, 11) is 1.24. The van der Waals surface area contributed by atoms with Gasteiger partial charge in [-0.15, -0.1) is 16.3 Å². The van der Waals surface area contributed by atoms with Crippen molar-refractivity contribution in [3.05, 3.63) is 81.1 Å². The Labute approximate surface area is 303 Å². The number of thioether (sulfide) groups is 1. The minimum atomic E-state index is -1.51. The Morgan fingerprint density at radius 1 is 1.25 bits per heavy atom. The molecule has 3 N–H and O–H groups in total. The molecule has 15 nitrogen and oxygen atoms in total. The number of anilines is 1. The zero-order valence-corrected chi connectivity index (χ0v) is 29.6. The average molecular weight is 755 g/mol. The molecule has 2 fully saturated rings. The van der Waals surface area contributed by atoms with E-state index >= 15 is 4.39 Å². The van der Waals surface area contributed by atoms with Crippen molar-refractivity contribution in [3.63, 3.8) is 0 Å². The van der Waals surface area contributed by atoms with Gasteiger partial charge in [0.1, 0.15) is 47.1 Å².